The highest BCUT2D eigenvalue weighted by molar-refractivity contribution is 5.96. The Morgan fingerprint density at radius 3 is 2.95 bits per heavy atom. The number of carbonyl (C=O) groups excluding carboxylic acids is 1. The normalized spacial score (nSPS) is 10.2. The number of benzene rings is 1. The van der Waals surface area contributed by atoms with E-state index in [0.717, 1.165) is 11.5 Å². The van der Waals surface area contributed by atoms with Gasteiger partial charge in [-0.25, -0.2) is 4.79 Å². The van der Waals surface area contributed by atoms with Crippen molar-refractivity contribution in [3.63, 3.8) is 0 Å². The molecule has 0 saturated heterocycles. The van der Waals surface area contributed by atoms with E-state index >= 15 is 0 Å². The van der Waals surface area contributed by atoms with Crippen LogP contribution in [0.5, 0.6) is 0 Å². The topological polar surface area (TPSA) is 95.1 Å². The molecule has 100 valence electrons. The molecule has 7 heteroatoms. The largest absolute Gasteiger partial charge is 0.465 e. The number of ether oxygens (including phenoxy) is 1. The molecule has 0 amide bonds. The average molecular weight is 261 g/mol. The molecular weight excluding hydrogens is 246 g/mol. The maximum atomic E-state index is 11.5. The van der Waals surface area contributed by atoms with Gasteiger partial charge in [0.2, 0.25) is 0 Å². The molecule has 0 bridgehead atoms. The molecule has 3 N–H and O–H groups in total. The lowest BCUT2D eigenvalue weighted by Crippen LogP contribution is -2.09. The SMILES string of the molecule is COC(=O)c1cc(NCc2nncn2C)ccc1N. The van der Waals surface area contributed by atoms with Crippen LogP contribution in [0.2, 0.25) is 0 Å². The third-order valence-corrected chi connectivity index (χ3v) is 2.71. The third-order valence-electron chi connectivity index (χ3n) is 2.71. The molecule has 2 rings (SSSR count). The first-order valence-electron chi connectivity index (χ1n) is 5.66. The first-order valence-corrected chi connectivity index (χ1v) is 5.66. The summed E-state index contributed by atoms with van der Waals surface area (Å²) in [6, 6.07) is 5.10. The van der Waals surface area contributed by atoms with E-state index in [1.165, 1.54) is 7.11 Å². The molecule has 0 aliphatic carbocycles. The summed E-state index contributed by atoms with van der Waals surface area (Å²) < 4.78 is 6.48. The number of aromatic nitrogens is 3. The Morgan fingerprint density at radius 2 is 2.32 bits per heavy atom. The number of esters is 1. The lowest BCUT2D eigenvalue weighted by molar-refractivity contribution is 0.0602. The summed E-state index contributed by atoms with van der Waals surface area (Å²) in [5, 5.41) is 10.9. The van der Waals surface area contributed by atoms with Gasteiger partial charge in [-0.2, -0.15) is 0 Å². The monoisotopic (exact) mass is 261 g/mol. The van der Waals surface area contributed by atoms with Crippen LogP contribution in [0.1, 0.15) is 16.2 Å². The van der Waals surface area contributed by atoms with E-state index in [1.807, 2.05) is 11.6 Å². The lowest BCUT2D eigenvalue weighted by Gasteiger charge is -2.09. The van der Waals surface area contributed by atoms with Crippen LogP contribution < -0.4 is 11.1 Å². The van der Waals surface area contributed by atoms with Crippen molar-refractivity contribution in [2.24, 2.45) is 7.05 Å². The summed E-state index contributed by atoms with van der Waals surface area (Å²) >= 11 is 0. The number of carbonyl (C=O) groups is 1. The van der Waals surface area contributed by atoms with Gasteiger partial charge in [0.25, 0.3) is 0 Å². The minimum atomic E-state index is -0.459. The second kappa shape index (κ2) is 5.38. The highest BCUT2D eigenvalue weighted by Crippen LogP contribution is 2.19. The Labute approximate surface area is 110 Å². The molecule has 1 aromatic heterocycles. The van der Waals surface area contributed by atoms with E-state index < -0.39 is 5.97 Å². The number of anilines is 2. The Morgan fingerprint density at radius 1 is 1.53 bits per heavy atom. The number of hydrogen-bond acceptors (Lipinski definition) is 6. The van der Waals surface area contributed by atoms with Crippen LogP contribution in [0.25, 0.3) is 0 Å². The molecule has 1 aromatic carbocycles. The summed E-state index contributed by atoms with van der Waals surface area (Å²) in [4.78, 5) is 11.5. The Balaban J connectivity index is 2.13. The Kier molecular flexibility index (Phi) is 3.65. The zero-order valence-electron chi connectivity index (χ0n) is 10.8. The van der Waals surface area contributed by atoms with Gasteiger partial charge in [-0.05, 0) is 18.2 Å². The number of methoxy groups -OCH3 is 1. The van der Waals surface area contributed by atoms with E-state index in [1.54, 1.807) is 24.5 Å². The van der Waals surface area contributed by atoms with Crippen LogP contribution in [0.3, 0.4) is 0 Å². The molecule has 0 fully saturated rings. The first kappa shape index (κ1) is 12.9. The fourth-order valence-corrected chi connectivity index (χ4v) is 1.60. The van der Waals surface area contributed by atoms with Crippen molar-refractivity contribution in [1.29, 1.82) is 0 Å². The number of nitrogens with zero attached hydrogens (tertiary/aromatic N) is 3. The van der Waals surface area contributed by atoms with Crippen LogP contribution in [0, 0.1) is 0 Å². The maximum absolute atomic E-state index is 11.5. The zero-order valence-corrected chi connectivity index (χ0v) is 10.8. The van der Waals surface area contributed by atoms with Crippen LogP contribution in [-0.4, -0.2) is 27.8 Å². The van der Waals surface area contributed by atoms with Crippen molar-refractivity contribution >= 4 is 17.3 Å². The summed E-state index contributed by atoms with van der Waals surface area (Å²) in [6.45, 7) is 0.501. The van der Waals surface area contributed by atoms with Gasteiger partial charge in [-0.1, -0.05) is 0 Å². The van der Waals surface area contributed by atoms with Gasteiger partial charge in [0.15, 0.2) is 5.82 Å². The van der Waals surface area contributed by atoms with Crippen LogP contribution in [0.15, 0.2) is 24.5 Å². The number of nitrogens with one attached hydrogen (secondary N) is 1. The summed E-state index contributed by atoms with van der Waals surface area (Å²) in [5.74, 6) is 0.330. The quantitative estimate of drug-likeness (QED) is 0.624. The predicted molar refractivity (Wildman–Crippen MR) is 70.5 cm³/mol. The predicted octanol–water partition coefficient (Wildman–Crippen LogP) is 0.796. The summed E-state index contributed by atoms with van der Waals surface area (Å²) in [6.07, 6.45) is 1.62. The van der Waals surface area contributed by atoms with Crippen LogP contribution in [0.4, 0.5) is 11.4 Å². The summed E-state index contributed by atoms with van der Waals surface area (Å²) in [5.41, 5.74) is 7.21. The van der Waals surface area contributed by atoms with Gasteiger partial charge in [0.05, 0.1) is 19.2 Å². The molecule has 0 atom stereocenters. The maximum Gasteiger partial charge on any atom is 0.340 e. The third kappa shape index (κ3) is 2.82. The van der Waals surface area contributed by atoms with E-state index in [-0.39, 0.29) is 0 Å². The van der Waals surface area contributed by atoms with E-state index in [0.29, 0.717) is 17.8 Å². The fourth-order valence-electron chi connectivity index (χ4n) is 1.60. The molecule has 0 spiro atoms. The Bertz CT molecular complexity index is 594. The first-order chi connectivity index (χ1) is 9.11. The molecule has 0 unspecified atom stereocenters. The van der Waals surface area contributed by atoms with Gasteiger partial charge in [0, 0.05) is 18.4 Å². The van der Waals surface area contributed by atoms with E-state index in [2.05, 4.69) is 20.3 Å². The molecule has 0 aliphatic rings. The van der Waals surface area contributed by atoms with E-state index in [4.69, 9.17) is 5.73 Å². The standard InChI is InChI=1S/C12H15N5O2/c1-17-7-15-16-11(17)6-14-8-3-4-10(13)9(5-8)12(18)19-2/h3-5,7,14H,6,13H2,1-2H3. The highest BCUT2D eigenvalue weighted by atomic mass is 16.5. The van der Waals surface area contributed by atoms with Crippen LogP contribution >= 0.6 is 0 Å². The van der Waals surface area contributed by atoms with Crippen LogP contribution in [-0.2, 0) is 18.3 Å². The second-order valence-corrected chi connectivity index (χ2v) is 4.01. The molecular formula is C12H15N5O2. The minimum Gasteiger partial charge on any atom is -0.465 e. The Hall–Kier alpha value is -2.57. The van der Waals surface area contributed by atoms with Crippen molar-refractivity contribution in [3.05, 3.63) is 35.9 Å². The molecule has 0 radical (unpaired) electrons. The van der Waals surface area contributed by atoms with E-state index in [9.17, 15) is 4.79 Å². The summed E-state index contributed by atoms with van der Waals surface area (Å²) in [7, 11) is 3.18. The number of nitrogens with two attached hydrogens (primary N) is 1. The fraction of sp³-hybridized carbons (Fsp3) is 0.250. The van der Waals surface area contributed by atoms with Gasteiger partial charge in [0.1, 0.15) is 6.33 Å². The number of hydrogen-bond donors (Lipinski definition) is 2. The molecule has 19 heavy (non-hydrogen) atoms. The molecule has 7 nitrogen and oxygen atoms in total. The smallest absolute Gasteiger partial charge is 0.340 e. The lowest BCUT2D eigenvalue weighted by atomic mass is 10.1. The van der Waals surface area contributed by atoms with Crippen molar-refractivity contribution < 1.29 is 9.53 Å². The van der Waals surface area contributed by atoms with Gasteiger partial charge >= 0.3 is 5.97 Å². The second-order valence-electron chi connectivity index (χ2n) is 4.01. The van der Waals surface area contributed by atoms with Crippen molar-refractivity contribution in [2.75, 3.05) is 18.2 Å². The van der Waals surface area contributed by atoms with Crippen molar-refractivity contribution in [3.8, 4) is 0 Å². The number of rotatable bonds is 4. The van der Waals surface area contributed by atoms with Gasteiger partial charge < -0.3 is 20.4 Å². The minimum absolute atomic E-state index is 0.338. The zero-order chi connectivity index (χ0) is 13.8. The van der Waals surface area contributed by atoms with Gasteiger partial charge in [-0.15, -0.1) is 10.2 Å². The molecule has 0 saturated carbocycles. The number of nitrogen functional groups attached to an aromatic ring is 1. The van der Waals surface area contributed by atoms with Crippen molar-refractivity contribution in [1.82, 2.24) is 14.8 Å². The van der Waals surface area contributed by atoms with Gasteiger partial charge in [-0.3, -0.25) is 0 Å². The average Bonchev–Trinajstić information content (AvgIpc) is 2.82. The molecule has 1 heterocycles. The number of aryl methyl sites for hydroxylation is 1. The highest BCUT2D eigenvalue weighted by Gasteiger charge is 2.10. The molecule has 2 aromatic rings. The van der Waals surface area contributed by atoms with Crippen molar-refractivity contribution in [2.45, 2.75) is 6.54 Å². The molecule has 0 aliphatic heterocycles.